The van der Waals surface area contributed by atoms with Crippen molar-refractivity contribution in [1.29, 1.82) is 5.26 Å². The number of amides is 1. The smallest absolute Gasteiger partial charge is 0.331 e. The number of methoxy groups -OCH3 is 1. The minimum Gasteiger partial charge on any atom is -0.493 e. The van der Waals surface area contributed by atoms with E-state index >= 15 is 0 Å². The van der Waals surface area contributed by atoms with Gasteiger partial charge >= 0.3 is 5.97 Å². The zero-order valence-electron chi connectivity index (χ0n) is 17.7. The number of para-hydroxylation sites is 1. The summed E-state index contributed by atoms with van der Waals surface area (Å²) in [7, 11) is 1.49. The van der Waals surface area contributed by atoms with E-state index in [9.17, 15) is 9.59 Å². The van der Waals surface area contributed by atoms with E-state index in [1.165, 1.54) is 13.2 Å². The highest BCUT2D eigenvalue weighted by Gasteiger charge is 2.34. The zero-order chi connectivity index (χ0) is 22.4. The zero-order valence-corrected chi connectivity index (χ0v) is 17.7. The third-order valence-electron chi connectivity index (χ3n) is 4.98. The van der Waals surface area contributed by atoms with Crippen molar-refractivity contribution in [3.8, 4) is 17.6 Å². The van der Waals surface area contributed by atoms with Gasteiger partial charge in [-0.15, -0.1) is 0 Å². The maximum absolute atomic E-state index is 12.9. The van der Waals surface area contributed by atoms with Gasteiger partial charge in [0.2, 0.25) is 0 Å². The predicted octanol–water partition coefficient (Wildman–Crippen LogP) is 3.52. The molecule has 1 aliphatic rings. The van der Waals surface area contributed by atoms with Crippen LogP contribution in [0.15, 0.2) is 48.5 Å². The number of carbonyl (C=O) groups is 2. The molecule has 7 nitrogen and oxygen atoms in total. The van der Waals surface area contributed by atoms with Crippen LogP contribution in [0.1, 0.15) is 25.0 Å². The Balaban J connectivity index is 1.63. The van der Waals surface area contributed by atoms with Gasteiger partial charge in [0.25, 0.3) is 5.91 Å². The highest BCUT2D eigenvalue weighted by Crippen LogP contribution is 2.32. The quantitative estimate of drug-likeness (QED) is 0.503. The van der Waals surface area contributed by atoms with E-state index in [0.29, 0.717) is 17.1 Å². The maximum atomic E-state index is 12.9. The number of hydrogen-bond donors (Lipinski definition) is 0. The molecule has 0 aromatic heterocycles. The van der Waals surface area contributed by atoms with Crippen molar-refractivity contribution in [2.24, 2.45) is 0 Å². The Labute approximate surface area is 181 Å². The van der Waals surface area contributed by atoms with Crippen molar-refractivity contribution in [2.45, 2.75) is 32.4 Å². The lowest BCUT2D eigenvalue weighted by Gasteiger charge is -2.25. The highest BCUT2D eigenvalue weighted by molar-refractivity contribution is 6.00. The van der Waals surface area contributed by atoms with Gasteiger partial charge in [-0.2, -0.15) is 5.26 Å². The molecule has 0 radical (unpaired) electrons. The van der Waals surface area contributed by atoms with Crippen LogP contribution in [-0.4, -0.2) is 37.7 Å². The van der Waals surface area contributed by atoms with Gasteiger partial charge in [-0.25, -0.2) is 4.79 Å². The molecule has 1 aliphatic heterocycles. The first-order chi connectivity index (χ1) is 14.9. The molecule has 0 fully saturated rings. The first-order valence-corrected chi connectivity index (χ1v) is 9.92. The Morgan fingerprint density at radius 3 is 2.77 bits per heavy atom. The Morgan fingerprint density at radius 1 is 1.26 bits per heavy atom. The fourth-order valence-electron chi connectivity index (χ4n) is 3.54. The molecule has 7 heteroatoms. The van der Waals surface area contributed by atoms with Gasteiger partial charge in [-0.05, 0) is 55.7 Å². The summed E-state index contributed by atoms with van der Waals surface area (Å²) in [5, 5.41) is 8.63. The molecule has 31 heavy (non-hydrogen) atoms. The Bertz CT molecular complexity index is 1040. The number of benzene rings is 2. The van der Waals surface area contributed by atoms with Crippen molar-refractivity contribution in [3.05, 3.63) is 59.7 Å². The van der Waals surface area contributed by atoms with Crippen molar-refractivity contribution in [3.63, 3.8) is 0 Å². The molecule has 0 bridgehead atoms. The molecule has 0 aliphatic carbocycles. The number of ether oxygens (including phenoxy) is 3. The molecule has 2 aromatic rings. The van der Waals surface area contributed by atoms with E-state index in [4.69, 9.17) is 19.5 Å². The van der Waals surface area contributed by atoms with E-state index in [1.807, 2.05) is 37.3 Å². The van der Waals surface area contributed by atoms with E-state index in [1.54, 1.807) is 36.1 Å². The first-order valence-electron chi connectivity index (χ1n) is 9.92. The Morgan fingerprint density at radius 2 is 2.03 bits per heavy atom. The number of anilines is 1. The van der Waals surface area contributed by atoms with Crippen LogP contribution in [0.3, 0.4) is 0 Å². The van der Waals surface area contributed by atoms with Gasteiger partial charge in [0, 0.05) is 17.8 Å². The Kier molecular flexibility index (Phi) is 6.93. The summed E-state index contributed by atoms with van der Waals surface area (Å²) in [4.78, 5) is 26.9. The highest BCUT2D eigenvalue weighted by atomic mass is 16.5. The molecule has 0 N–H and O–H groups in total. The molecule has 0 saturated carbocycles. The molecular weight excluding hydrogens is 396 g/mol. The topological polar surface area (TPSA) is 88.9 Å². The van der Waals surface area contributed by atoms with Crippen molar-refractivity contribution in [1.82, 2.24) is 0 Å². The van der Waals surface area contributed by atoms with Crippen LogP contribution in [0, 0.1) is 11.3 Å². The maximum Gasteiger partial charge on any atom is 0.331 e. The molecule has 1 amide bonds. The molecular formula is C24H24N2O5. The molecule has 2 atom stereocenters. The van der Waals surface area contributed by atoms with Crippen molar-refractivity contribution >= 4 is 23.6 Å². The predicted molar refractivity (Wildman–Crippen MR) is 116 cm³/mol. The summed E-state index contributed by atoms with van der Waals surface area (Å²) >= 11 is 0. The second kappa shape index (κ2) is 9.81. The fourth-order valence-corrected chi connectivity index (χ4v) is 3.54. The molecule has 3 rings (SSSR count). The van der Waals surface area contributed by atoms with Gasteiger partial charge in [-0.3, -0.25) is 4.79 Å². The number of rotatable bonds is 7. The fraction of sp³-hybridized carbons (Fsp3) is 0.292. The van der Waals surface area contributed by atoms with Crippen LogP contribution in [0.25, 0.3) is 6.08 Å². The first kappa shape index (κ1) is 21.9. The monoisotopic (exact) mass is 420 g/mol. The molecule has 2 aromatic carbocycles. The summed E-state index contributed by atoms with van der Waals surface area (Å²) in [6, 6.07) is 14.7. The largest absolute Gasteiger partial charge is 0.493 e. The van der Waals surface area contributed by atoms with E-state index in [2.05, 4.69) is 0 Å². The second-order valence-electron chi connectivity index (χ2n) is 7.16. The average Bonchev–Trinajstić information content (AvgIpc) is 3.11. The Hall–Kier alpha value is -3.79. The number of carbonyl (C=O) groups excluding carboxylic acids is 2. The van der Waals surface area contributed by atoms with Gasteiger partial charge < -0.3 is 19.1 Å². The van der Waals surface area contributed by atoms with Gasteiger partial charge in [0.1, 0.15) is 6.07 Å². The van der Waals surface area contributed by atoms with Crippen molar-refractivity contribution < 1.29 is 23.8 Å². The third kappa shape index (κ3) is 5.04. The number of esters is 1. The second-order valence-corrected chi connectivity index (χ2v) is 7.16. The van der Waals surface area contributed by atoms with Gasteiger partial charge in [0.15, 0.2) is 24.2 Å². The SMILES string of the molecule is COc1cc(/C=C/C(=O)O[C@H](C)C(=O)N2c3ccccc3C[C@@H]2C)ccc1OCC#N. The van der Waals surface area contributed by atoms with Gasteiger partial charge in [0.05, 0.1) is 7.11 Å². The average molecular weight is 420 g/mol. The minimum atomic E-state index is -0.915. The lowest BCUT2D eigenvalue weighted by molar-refractivity contribution is -0.149. The molecule has 0 saturated heterocycles. The number of fused-ring (bicyclic) bond motifs is 1. The summed E-state index contributed by atoms with van der Waals surface area (Å²) < 4.78 is 15.9. The number of nitriles is 1. The normalized spacial score (nSPS) is 15.8. The van der Waals surface area contributed by atoms with Crippen LogP contribution in [-0.2, 0) is 20.7 Å². The minimum absolute atomic E-state index is 0.0100. The van der Waals surface area contributed by atoms with Crippen LogP contribution in [0.4, 0.5) is 5.69 Å². The van der Waals surface area contributed by atoms with Gasteiger partial charge in [-0.1, -0.05) is 24.3 Å². The molecule has 1 heterocycles. The summed E-state index contributed by atoms with van der Waals surface area (Å²) in [6.07, 6.45) is 2.68. The van der Waals surface area contributed by atoms with E-state index in [-0.39, 0.29) is 18.6 Å². The standard InChI is InChI=1S/C24H24N2O5/c1-16-14-19-6-4-5-7-20(19)26(16)24(28)17(2)31-23(27)11-9-18-8-10-21(30-13-12-25)22(15-18)29-3/h4-11,15-17H,13-14H2,1-3H3/b11-9+/t16-,17+/m0/s1. The third-order valence-corrected chi connectivity index (χ3v) is 4.98. The number of hydrogen-bond acceptors (Lipinski definition) is 6. The lowest BCUT2D eigenvalue weighted by Crippen LogP contribution is -2.43. The summed E-state index contributed by atoms with van der Waals surface area (Å²) in [6.45, 7) is 3.46. The summed E-state index contributed by atoms with van der Waals surface area (Å²) in [5.74, 6) is 0.00336. The lowest BCUT2D eigenvalue weighted by atomic mass is 10.1. The van der Waals surface area contributed by atoms with Crippen molar-refractivity contribution in [2.75, 3.05) is 18.6 Å². The van der Waals surface area contributed by atoms with Crippen LogP contribution >= 0.6 is 0 Å². The van der Waals surface area contributed by atoms with E-state index in [0.717, 1.165) is 17.7 Å². The molecule has 0 unspecified atom stereocenters. The number of nitrogens with zero attached hydrogens (tertiary/aromatic N) is 2. The van der Waals surface area contributed by atoms with Crippen LogP contribution < -0.4 is 14.4 Å². The van der Waals surface area contributed by atoms with E-state index < -0.39 is 12.1 Å². The molecule has 160 valence electrons. The van der Waals surface area contributed by atoms with Crippen LogP contribution in [0.5, 0.6) is 11.5 Å². The summed E-state index contributed by atoms with van der Waals surface area (Å²) in [5.41, 5.74) is 2.65. The molecule has 0 spiro atoms. The van der Waals surface area contributed by atoms with Crippen LogP contribution in [0.2, 0.25) is 0 Å².